The lowest BCUT2D eigenvalue weighted by Crippen LogP contribution is -2.55. The first-order valence-electron chi connectivity index (χ1n) is 7.13. The second kappa shape index (κ2) is 7.21. The quantitative estimate of drug-likeness (QED) is 0.459. The topological polar surface area (TPSA) is 38.8 Å². The minimum absolute atomic E-state index is 0.0383. The fraction of sp³-hybridized carbons (Fsp3) is 0.375. The highest BCUT2D eigenvalue weighted by atomic mass is 32.1. The van der Waals surface area contributed by atoms with Crippen LogP contribution in [0.15, 0.2) is 30.9 Å². The van der Waals surface area contributed by atoms with Gasteiger partial charge in [-0.15, -0.1) is 0 Å². The number of hydrogen-bond acceptors (Lipinski definition) is 4. The molecular formula is C16H16F3NO3S. The Hall–Kier alpha value is -2.09. The van der Waals surface area contributed by atoms with Crippen LogP contribution in [0, 0.1) is 0 Å². The van der Waals surface area contributed by atoms with Gasteiger partial charge in [0, 0.05) is 12.1 Å². The number of nitrogens with zero attached hydrogens (tertiary/aromatic N) is 1. The highest BCUT2D eigenvalue weighted by Gasteiger charge is 2.39. The molecule has 1 heterocycles. The molecule has 2 rings (SSSR count). The zero-order valence-electron chi connectivity index (χ0n) is 12.9. The van der Waals surface area contributed by atoms with E-state index < -0.39 is 23.8 Å². The van der Waals surface area contributed by atoms with E-state index in [1.807, 2.05) is 0 Å². The summed E-state index contributed by atoms with van der Waals surface area (Å²) in [6, 6.07) is 3.06. The zero-order valence-corrected chi connectivity index (χ0v) is 13.7. The molecule has 0 radical (unpaired) electrons. The average Bonchev–Trinajstić information content (AvgIpc) is 2.50. The molecule has 1 aliphatic rings. The fourth-order valence-electron chi connectivity index (χ4n) is 2.34. The van der Waals surface area contributed by atoms with E-state index in [2.05, 4.69) is 11.3 Å². The van der Waals surface area contributed by atoms with Crippen LogP contribution in [0.25, 0.3) is 0 Å². The molecule has 4 nitrogen and oxygen atoms in total. The molecule has 1 saturated heterocycles. The minimum Gasteiger partial charge on any atom is -0.489 e. The maximum Gasteiger partial charge on any atom is 0.419 e. The molecule has 0 bridgehead atoms. The molecule has 0 aliphatic carbocycles. The van der Waals surface area contributed by atoms with E-state index in [0.717, 1.165) is 6.07 Å². The summed E-state index contributed by atoms with van der Waals surface area (Å²) >= 11 is 5.24. The summed E-state index contributed by atoms with van der Waals surface area (Å²) in [6.45, 7) is 3.87. The number of likely N-dealkylation sites (tertiary alicyclic amines) is 1. The van der Waals surface area contributed by atoms with E-state index in [1.165, 1.54) is 25.3 Å². The van der Waals surface area contributed by atoms with Crippen molar-refractivity contribution in [1.82, 2.24) is 4.90 Å². The number of hydrogen-bond donors (Lipinski definition) is 0. The molecule has 1 aromatic carbocycles. The van der Waals surface area contributed by atoms with Gasteiger partial charge in [0.15, 0.2) is 0 Å². The number of carbonyl (C=O) groups excluding carboxylic acids is 1. The second-order valence-electron chi connectivity index (χ2n) is 5.13. The van der Waals surface area contributed by atoms with Crippen LogP contribution in [0.1, 0.15) is 17.5 Å². The summed E-state index contributed by atoms with van der Waals surface area (Å²) < 4.78 is 49.4. The number of carbonyl (C=O) groups is 1. The molecule has 1 aromatic rings. The van der Waals surface area contributed by atoms with Crippen molar-refractivity contribution in [2.75, 3.05) is 20.3 Å². The summed E-state index contributed by atoms with van der Waals surface area (Å²) in [6.07, 6.45) is -2.67. The number of esters is 1. The number of benzene rings is 1. The van der Waals surface area contributed by atoms with Crippen molar-refractivity contribution >= 4 is 23.2 Å². The molecule has 0 spiro atoms. The third-order valence-electron chi connectivity index (χ3n) is 3.64. The third kappa shape index (κ3) is 3.69. The van der Waals surface area contributed by atoms with Crippen molar-refractivity contribution in [3.63, 3.8) is 0 Å². The van der Waals surface area contributed by atoms with Crippen LogP contribution in [0.4, 0.5) is 13.2 Å². The van der Waals surface area contributed by atoms with Crippen molar-refractivity contribution in [3.05, 3.63) is 42.0 Å². The van der Waals surface area contributed by atoms with Gasteiger partial charge in [-0.1, -0.05) is 24.9 Å². The number of thiocarbonyl (C=S) groups is 1. The van der Waals surface area contributed by atoms with Gasteiger partial charge >= 0.3 is 12.1 Å². The Morgan fingerprint density at radius 2 is 2.21 bits per heavy atom. The minimum atomic E-state index is -4.58. The highest BCUT2D eigenvalue weighted by Crippen LogP contribution is 2.37. The Bertz CT molecular complexity index is 660. The molecule has 0 amide bonds. The maximum absolute atomic E-state index is 13.2. The van der Waals surface area contributed by atoms with Crippen LogP contribution in [0.3, 0.4) is 0 Å². The Morgan fingerprint density at radius 1 is 1.50 bits per heavy atom. The first-order chi connectivity index (χ1) is 11.3. The Morgan fingerprint density at radius 3 is 2.71 bits per heavy atom. The van der Waals surface area contributed by atoms with E-state index in [-0.39, 0.29) is 22.9 Å². The van der Waals surface area contributed by atoms with Gasteiger partial charge in [-0.2, -0.15) is 13.2 Å². The molecule has 0 saturated carbocycles. The van der Waals surface area contributed by atoms with E-state index in [4.69, 9.17) is 17.0 Å². The predicted octanol–water partition coefficient (Wildman–Crippen LogP) is 3.19. The van der Waals surface area contributed by atoms with E-state index in [0.29, 0.717) is 13.0 Å². The van der Waals surface area contributed by atoms with Crippen molar-refractivity contribution in [3.8, 4) is 5.75 Å². The van der Waals surface area contributed by atoms with Gasteiger partial charge in [0.05, 0.1) is 12.7 Å². The molecule has 1 aliphatic heterocycles. The number of halogens is 3. The van der Waals surface area contributed by atoms with Gasteiger partial charge in [0.25, 0.3) is 0 Å². The van der Waals surface area contributed by atoms with Crippen molar-refractivity contribution < 1.29 is 27.4 Å². The van der Waals surface area contributed by atoms with Crippen LogP contribution in [0.2, 0.25) is 0 Å². The van der Waals surface area contributed by atoms with Gasteiger partial charge in [0.2, 0.25) is 0 Å². The summed E-state index contributed by atoms with van der Waals surface area (Å²) in [4.78, 5) is 13.3. The molecule has 24 heavy (non-hydrogen) atoms. The number of methoxy groups -OCH3 is 1. The van der Waals surface area contributed by atoms with Crippen molar-refractivity contribution in [1.29, 1.82) is 0 Å². The summed E-state index contributed by atoms with van der Waals surface area (Å²) in [5, 5.41) is 0. The SMILES string of the molecule is C=CCOc1ccc(C(=S)N2CC[C@@H]2C(=O)OC)cc1C(F)(F)F. The lowest BCUT2D eigenvalue weighted by atomic mass is 10.0. The first-order valence-corrected chi connectivity index (χ1v) is 7.54. The lowest BCUT2D eigenvalue weighted by Gasteiger charge is -2.40. The third-order valence-corrected chi connectivity index (χ3v) is 4.11. The van der Waals surface area contributed by atoms with Gasteiger partial charge in [-0.25, -0.2) is 4.79 Å². The molecule has 1 atom stereocenters. The van der Waals surface area contributed by atoms with Gasteiger partial charge < -0.3 is 14.4 Å². The first kappa shape index (κ1) is 18.3. The number of alkyl halides is 3. The molecule has 0 unspecified atom stereocenters. The summed E-state index contributed by atoms with van der Waals surface area (Å²) in [5.41, 5.74) is -0.712. The van der Waals surface area contributed by atoms with Crippen molar-refractivity contribution in [2.45, 2.75) is 18.6 Å². The molecule has 8 heteroatoms. The average molecular weight is 359 g/mol. The Labute approximate surface area is 142 Å². The largest absolute Gasteiger partial charge is 0.489 e. The maximum atomic E-state index is 13.2. The molecule has 0 aromatic heterocycles. The standard InChI is InChI=1S/C16H16F3NO3S/c1-3-8-23-13-5-4-10(9-11(13)16(17,18)19)14(24)20-7-6-12(20)15(21)22-2/h3-5,9,12H,1,6-8H2,2H3/t12-/m1/s1. The molecule has 130 valence electrons. The normalized spacial score (nSPS) is 17.0. The Balaban J connectivity index is 2.29. The van der Waals surface area contributed by atoms with Crippen LogP contribution >= 0.6 is 12.2 Å². The van der Waals surface area contributed by atoms with Crippen LogP contribution in [-0.4, -0.2) is 42.2 Å². The monoisotopic (exact) mass is 359 g/mol. The van der Waals surface area contributed by atoms with Gasteiger partial charge in [-0.05, 0) is 24.6 Å². The fourth-order valence-corrected chi connectivity index (χ4v) is 2.68. The smallest absolute Gasteiger partial charge is 0.419 e. The number of rotatable bonds is 5. The van der Waals surface area contributed by atoms with Crippen LogP contribution < -0.4 is 4.74 Å². The van der Waals surface area contributed by atoms with Crippen LogP contribution in [-0.2, 0) is 15.7 Å². The van der Waals surface area contributed by atoms with E-state index >= 15 is 0 Å². The van der Waals surface area contributed by atoms with Gasteiger partial charge in [-0.3, -0.25) is 0 Å². The van der Waals surface area contributed by atoms with Gasteiger partial charge in [0.1, 0.15) is 23.4 Å². The summed E-state index contributed by atoms with van der Waals surface area (Å²) in [7, 11) is 1.26. The highest BCUT2D eigenvalue weighted by molar-refractivity contribution is 7.80. The van der Waals surface area contributed by atoms with Crippen LogP contribution in [0.5, 0.6) is 5.75 Å². The van der Waals surface area contributed by atoms with E-state index in [1.54, 1.807) is 4.90 Å². The second-order valence-corrected chi connectivity index (χ2v) is 5.52. The molecule has 0 N–H and O–H groups in total. The number of ether oxygens (including phenoxy) is 2. The van der Waals surface area contributed by atoms with E-state index in [9.17, 15) is 18.0 Å². The molecule has 1 fully saturated rings. The lowest BCUT2D eigenvalue weighted by molar-refractivity contribution is -0.148. The predicted molar refractivity (Wildman–Crippen MR) is 86.0 cm³/mol. The van der Waals surface area contributed by atoms with Crippen molar-refractivity contribution in [2.24, 2.45) is 0 Å². The molecular weight excluding hydrogens is 343 g/mol. The summed E-state index contributed by atoms with van der Waals surface area (Å²) in [5.74, 6) is -0.743. The zero-order chi connectivity index (χ0) is 17.9. The Kier molecular flexibility index (Phi) is 5.48.